The lowest BCUT2D eigenvalue weighted by Gasteiger charge is -2.29. The second-order valence-corrected chi connectivity index (χ2v) is 6.85. The van der Waals surface area contributed by atoms with Crippen LogP contribution in [0.5, 0.6) is 0 Å². The number of hydrogen-bond donors (Lipinski definition) is 2. The van der Waals surface area contributed by atoms with E-state index in [1.807, 2.05) is 0 Å². The molecule has 0 atom stereocenters. The third-order valence-electron chi connectivity index (χ3n) is 3.31. The SMILES string of the molecule is CC(C)C(C)(C)CNC(=O)CCNC(C)(C)C. The highest BCUT2D eigenvalue weighted by Gasteiger charge is 2.22. The summed E-state index contributed by atoms with van der Waals surface area (Å²) in [6.07, 6.45) is 0.547. The molecule has 17 heavy (non-hydrogen) atoms. The maximum atomic E-state index is 11.6. The molecule has 0 heterocycles. The maximum absolute atomic E-state index is 11.6. The van der Waals surface area contributed by atoms with E-state index in [1.54, 1.807) is 0 Å². The third kappa shape index (κ3) is 8.19. The molecule has 0 saturated carbocycles. The van der Waals surface area contributed by atoms with Crippen LogP contribution in [0.1, 0.15) is 54.9 Å². The van der Waals surface area contributed by atoms with Gasteiger partial charge in [-0.2, -0.15) is 0 Å². The van der Waals surface area contributed by atoms with Crippen LogP contribution in [0, 0.1) is 11.3 Å². The summed E-state index contributed by atoms with van der Waals surface area (Å²) in [5.74, 6) is 0.700. The van der Waals surface area contributed by atoms with Gasteiger partial charge in [0.15, 0.2) is 0 Å². The summed E-state index contributed by atoms with van der Waals surface area (Å²) in [4.78, 5) is 11.6. The molecule has 0 aromatic heterocycles. The van der Waals surface area contributed by atoms with Crippen molar-refractivity contribution in [3.05, 3.63) is 0 Å². The first kappa shape index (κ1) is 16.4. The van der Waals surface area contributed by atoms with Crippen molar-refractivity contribution >= 4 is 5.91 Å². The Kier molecular flexibility index (Phi) is 6.17. The van der Waals surface area contributed by atoms with Gasteiger partial charge in [0.1, 0.15) is 0 Å². The van der Waals surface area contributed by atoms with Crippen molar-refractivity contribution < 1.29 is 4.79 Å². The lowest BCUT2D eigenvalue weighted by atomic mass is 9.81. The second-order valence-electron chi connectivity index (χ2n) is 6.85. The molecule has 0 unspecified atom stereocenters. The molecule has 0 spiro atoms. The van der Waals surface area contributed by atoms with Crippen LogP contribution < -0.4 is 10.6 Å². The van der Waals surface area contributed by atoms with Crippen LogP contribution in [0.2, 0.25) is 0 Å². The summed E-state index contributed by atoms with van der Waals surface area (Å²) < 4.78 is 0. The zero-order valence-corrected chi connectivity index (χ0v) is 12.6. The van der Waals surface area contributed by atoms with Crippen LogP contribution in [-0.2, 0) is 4.79 Å². The Morgan fingerprint density at radius 2 is 1.65 bits per heavy atom. The normalized spacial score (nSPS) is 12.9. The van der Waals surface area contributed by atoms with Gasteiger partial charge in [0, 0.05) is 25.0 Å². The van der Waals surface area contributed by atoms with E-state index in [0.717, 1.165) is 13.1 Å². The van der Waals surface area contributed by atoms with Gasteiger partial charge >= 0.3 is 0 Å². The number of carbonyl (C=O) groups is 1. The van der Waals surface area contributed by atoms with E-state index in [4.69, 9.17) is 0 Å². The fraction of sp³-hybridized carbons (Fsp3) is 0.929. The van der Waals surface area contributed by atoms with Crippen LogP contribution >= 0.6 is 0 Å². The standard InChI is InChI=1S/C14H30N2O/c1-11(2)14(6,7)10-15-12(17)8-9-16-13(3,4)5/h11,16H,8-10H2,1-7H3,(H,15,17). The Morgan fingerprint density at radius 1 is 1.12 bits per heavy atom. The largest absolute Gasteiger partial charge is 0.356 e. The van der Waals surface area contributed by atoms with E-state index in [1.165, 1.54) is 0 Å². The van der Waals surface area contributed by atoms with Crippen LogP contribution in [0.25, 0.3) is 0 Å². The Hall–Kier alpha value is -0.570. The Balaban J connectivity index is 3.82. The van der Waals surface area contributed by atoms with Gasteiger partial charge in [0.05, 0.1) is 0 Å². The van der Waals surface area contributed by atoms with Crippen molar-refractivity contribution in [3.8, 4) is 0 Å². The monoisotopic (exact) mass is 242 g/mol. The summed E-state index contributed by atoms with van der Waals surface area (Å²) >= 11 is 0. The van der Waals surface area contributed by atoms with Gasteiger partial charge in [-0.3, -0.25) is 4.79 Å². The second kappa shape index (κ2) is 6.39. The molecule has 0 fully saturated rings. The number of amides is 1. The summed E-state index contributed by atoms with van der Waals surface area (Å²) in [7, 11) is 0. The zero-order chi connectivity index (χ0) is 13.7. The molecule has 3 heteroatoms. The lowest BCUT2D eigenvalue weighted by Crippen LogP contribution is -2.41. The smallest absolute Gasteiger partial charge is 0.221 e. The topological polar surface area (TPSA) is 41.1 Å². The molecule has 0 saturated heterocycles. The Bertz CT molecular complexity index is 239. The van der Waals surface area contributed by atoms with Gasteiger partial charge in [-0.15, -0.1) is 0 Å². The van der Waals surface area contributed by atoms with E-state index in [9.17, 15) is 4.79 Å². The summed E-state index contributed by atoms with van der Waals surface area (Å²) in [6, 6.07) is 0. The summed E-state index contributed by atoms with van der Waals surface area (Å²) in [6.45, 7) is 16.5. The molecule has 0 aliphatic heterocycles. The quantitative estimate of drug-likeness (QED) is 0.751. The van der Waals surface area contributed by atoms with Crippen molar-refractivity contribution in [1.82, 2.24) is 10.6 Å². The molecule has 0 radical (unpaired) electrons. The molecule has 0 aliphatic carbocycles. The van der Waals surface area contributed by atoms with Gasteiger partial charge in [-0.05, 0) is 32.1 Å². The van der Waals surface area contributed by atoms with Gasteiger partial charge < -0.3 is 10.6 Å². The molecule has 0 aromatic carbocycles. The molecular weight excluding hydrogens is 212 g/mol. The first-order valence-corrected chi connectivity index (χ1v) is 6.56. The summed E-state index contributed by atoms with van der Waals surface area (Å²) in [5.41, 5.74) is 0.241. The van der Waals surface area contributed by atoms with E-state index >= 15 is 0 Å². The molecule has 0 aromatic rings. The molecule has 0 rings (SSSR count). The molecule has 3 nitrogen and oxygen atoms in total. The van der Waals surface area contributed by atoms with Gasteiger partial charge in [0.25, 0.3) is 0 Å². The van der Waals surface area contributed by atoms with Crippen molar-refractivity contribution in [2.75, 3.05) is 13.1 Å². The molecule has 0 aliphatic rings. The van der Waals surface area contributed by atoms with Crippen LogP contribution in [0.15, 0.2) is 0 Å². The van der Waals surface area contributed by atoms with Gasteiger partial charge in [0.2, 0.25) is 5.91 Å². The highest BCUT2D eigenvalue weighted by atomic mass is 16.1. The predicted octanol–water partition coefficient (Wildman–Crippen LogP) is 2.56. The third-order valence-corrected chi connectivity index (χ3v) is 3.31. The first-order chi connectivity index (χ1) is 7.54. The van der Waals surface area contributed by atoms with Crippen LogP contribution in [0.3, 0.4) is 0 Å². The number of hydrogen-bond acceptors (Lipinski definition) is 2. The van der Waals surface area contributed by atoms with E-state index in [2.05, 4.69) is 59.1 Å². The highest BCUT2D eigenvalue weighted by molar-refractivity contribution is 5.76. The van der Waals surface area contributed by atoms with Crippen molar-refractivity contribution in [3.63, 3.8) is 0 Å². The molecule has 2 N–H and O–H groups in total. The fourth-order valence-corrected chi connectivity index (χ4v) is 1.17. The number of rotatable bonds is 6. The fourth-order valence-electron chi connectivity index (χ4n) is 1.17. The van der Waals surface area contributed by atoms with Crippen LogP contribution in [-0.4, -0.2) is 24.5 Å². The number of nitrogens with one attached hydrogen (secondary N) is 2. The van der Waals surface area contributed by atoms with Crippen molar-refractivity contribution in [2.45, 2.75) is 60.4 Å². The van der Waals surface area contributed by atoms with Crippen LogP contribution in [0.4, 0.5) is 0 Å². The average molecular weight is 242 g/mol. The zero-order valence-electron chi connectivity index (χ0n) is 12.6. The summed E-state index contributed by atoms with van der Waals surface area (Å²) in [5, 5.41) is 6.32. The molecule has 102 valence electrons. The minimum Gasteiger partial charge on any atom is -0.356 e. The minimum atomic E-state index is 0.0808. The lowest BCUT2D eigenvalue weighted by molar-refractivity contribution is -0.121. The predicted molar refractivity (Wildman–Crippen MR) is 74.0 cm³/mol. The number of carbonyl (C=O) groups excluding carboxylic acids is 1. The van der Waals surface area contributed by atoms with Gasteiger partial charge in [-0.1, -0.05) is 27.7 Å². The maximum Gasteiger partial charge on any atom is 0.221 e. The van der Waals surface area contributed by atoms with E-state index < -0.39 is 0 Å². The molecular formula is C14H30N2O. The average Bonchev–Trinajstić information content (AvgIpc) is 2.12. The minimum absolute atomic E-state index is 0.0808. The van der Waals surface area contributed by atoms with Crippen molar-refractivity contribution in [1.29, 1.82) is 0 Å². The Morgan fingerprint density at radius 3 is 2.06 bits per heavy atom. The highest BCUT2D eigenvalue weighted by Crippen LogP contribution is 2.24. The molecule has 0 bridgehead atoms. The van der Waals surface area contributed by atoms with Gasteiger partial charge in [-0.25, -0.2) is 0 Å². The first-order valence-electron chi connectivity index (χ1n) is 6.56. The van der Waals surface area contributed by atoms with E-state index in [0.29, 0.717) is 12.3 Å². The molecule has 1 amide bonds. The van der Waals surface area contributed by atoms with Crippen molar-refractivity contribution in [2.24, 2.45) is 11.3 Å². The Labute approximate surface area is 107 Å². The van der Waals surface area contributed by atoms with E-state index in [-0.39, 0.29) is 16.9 Å².